The van der Waals surface area contributed by atoms with Crippen molar-refractivity contribution in [1.82, 2.24) is 0 Å². The molecule has 1 spiro atoms. The van der Waals surface area contributed by atoms with Gasteiger partial charge in [-0.2, -0.15) is 0 Å². The second-order valence-electron chi connectivity index (χ2n) is 15.5. The Morgan fingerprint density at radius 3 is 2.48 bits per heavy atom. The van der Waals surface area contributed by atoms with E-state index in [4.69, 9.17) is 18.9 Å². The molecule has 0 aromatic rings. The summed E-state index contributed by atoms with van der Waals surface area (Å²) in [5, 5.41) is 30.8. The molecule has 40 heavy (non-hydrogen) atoms. The van der Waals surface area contributed by atoms with Crippen LogP contribution in [0.3, 0.4) is 0 Å². The third-order valence-electron chi connectivity index (χ3n) is 13.5. The predicted octanol–water partition coefficient (Wildman–Crippen LogP) is 4.57. The highest BCUT2D eigenvalue weighted by Crippen LogP contribution is 2.70. The van der Waals surface area contributed by atoms with Crippen LogP contribution < -0.4 is 0 Å². The average molecular weight is 561 g/mol. The van der Waals surface area contributed by atoms with Gasteiger partial charge in [0.1, 0.15) is 18.3 Å². The molecule has 7 aliphatic rings. The van der Waals surface area contributed by atoms with Crippen LogP contribution in [-0.4, -0.2) is 70.6 Å². The van der Waals surface area contributed by atoms with Crippen LogP contribution in [0.2, 0.25) is 0 Å². The normalized spacial score (nSPS) is 59.5. The first-order valence-electron chi connectivity index (χ1n) is 16.3. The lowest BCUT2D eigenvalue weighted by Gasteiger charge is -2.58. The SMILES string of the molecule is C[C@@H]1CC[C@@]2(OC1)O[C@H]1C[C@H]3[C@@H]4CC=C5C[C@@H](O[C@H]6O[C@@H](C)[C@@H](O)[C@@H](O)[C@@H]6O)CC[C@]5(C)[C@H]4CC[C@]3(C)[C@H]1[C@@H]2C. The van der Waals surface area contributed by atoms with Gasteiger partial charge in [-0.1, -0.05) is 39.3 Å². The second-order valence-corrected chi connectivity index (χ2v) is 15.5. The van der Waals surface area contributed by atoms with Crippen LogP contribution in [0.4, 0.5) is 0 Å². The number of aliphatic hydroxyl groups is 3. The highest BCUT2D eigenvalue weighted by atomic mass is 16.7. The van der Waals surface area contributed by atoms with E-state index in [0.29, 0.717) is 47.0 Å². The molecule has 7 nitrogen and oxygen atoms in total. The summed E-state index contributed by atoms with van der Waals surface area (Å²) in [5.41, 5.74) is 2.02. The van der Waals surface area contributed by atoms with Gasteiger partial charge in [0.2, 0.25) is 0 Å². The van der Waals surface area contributed by atoms with Crippen molar-refractivity contribution in [2.75, 3.05) is 6.61 Å². The number of hydrogen-bond donors (Lipinski definition) is 3. The summed E-state index contributed by atoms with van der Waals surface area (Å²) in [4.78, 5) is 0. The van der Waals surface area contributed by atoms with Crippen LogP contribution >= 0.6 is 0 Å². The maximum absolute atomic E-state index is 10.5. The van der Waals surface area contributed by atoms with Gasteiger partial charge in [-0.3, -0.25) is 0 Å². The molecule has 3 saturated heterocycles. The minimum absolute atomic E-state index is 0.0477. The third-order valence-corrected chi connectivity index (χ3v) is 13.5. The van der Waals surface area contributed by atoms with Gasteiger partial charge in [-0.25, -0.2) is 0 Å². The molecule has 3 saturated carbocycles. The van der Waals surface area contributed by atoms with E-state index >= 15 is 0 Å². The van der Waals surface area contributed by atoms with E-state index in [2.05, 4.69) is 33.8 Å². The Hall–Kier alpha value is -0.540. The molecular weight excluding hydrogens is 508 g/mol. The van der Waals surface area contributed by atoms with E-state index in [9.17, 15) is 15.3 Å². The molecule has 7 heteroatoms. The highest BCUT2D eigenvalue weighted by molar-refractivity contribution is 5.26. The van der Waals surface area contributed by atoms with Gasteiger partial charge in [0.05, 0.1) is 24.9 Å². The fourth-order valence-corrected chi connectivity index (χ4v) is 11.1. The summed E-state index contributed by atoms with van der Waals surface area (Å²) in [6, 6.07) is 0. The molecule has 7 rings (SSSR count). The van der Waals surface area contributed by atoms with E-state index in [1.165, 1.54) is 31.3 Å². The lowest BCUT2D eigenvalue weighted by Crippen LogP contribution is -2.58. The zero-order chi connectivity index (χ0) is 28.2. The molecule has 0 amide bonds. The van der Waals surface area contributed by atoms with Crippen LogP contribution in [0.1, 0.15) is 92.4 Å². The van der Waals surface area contributed by atoms with Gasteiger partial charge in [-0.05, 0) is 98.7 Å². The molecule has 4 aliphatic carbocycles. The number of rotatable bonds is 2. The molecule has 3 aliphatic heterocycles. The zero-order valence-corrected chi connectivity index (χ0v) is 25.1. The fourth-order valence-electron chi connectivity index (χ4n) is 11.1. The van der Waals surface area contributed by atoms with Crippen molar-refractivity contribution < 1.29 is 34.3 Å². The monoisotopic (exact) mass is 560 g/mol. The summed E-state index contributed by atoms with van der Waals surface area (Å²) >= 11 is 0. The summed E-state index contributed by atoms with van der Waals surface area (Å²) in [6.07, 6.45) is 7.71. The van der Waals surface area contributed by atoms with Gasteiger partial charge in [0.25, 0.3) is 0 Å². The van der Waals surface area contributed by atoms with Crippen molar-refractivity contribution in [3.63, 3.8) is 0 Å². The molecule has 3 heterocycles. The van der Waals surface area contributed by atoms with Crippen molar-refractivity contribution in [3.8, 4) is 0 Å². The van der Waals surface area contributed by atoms with Crippen molar-refractivity contribution >= 4 is 0 Å². The lowest BCUT2D eigenvalue weighted by atomic mass is 9.47. The smallest absolute Gasteiger partial charge is 0.186 e. The summed E-state index contributed by atoms with van der Waals surface area (Å²) in [6.45, 7) is 12.4. The summed E-state index contributed by atoms with van der Waals surface area (Å²) in [7, 11) is 0. The number of aliphatic hydroxyl groups excluding tert-OH is 3. The van der Waals surface area contributed by atoms with Crippen LogP contribution in [0, 0.1) is 46.3 Å². The van der Waals surface area contributed by atoms with E-state index in [-0.39, 0.29) is 17.3 Å². The Morgan fingerprint density at radius 2 is 1.73 bits per heavy atom. The van der Waals surface area contributed by atoms with Crippen molar-refractivity contribution in [1.29, 1.82) is 0 Å². The van der Waals surface area contributed by atoms with Crippen LogP contribution in [-0.2, 0) is 18.9 Å². The maximum Gasteiger partial charge on any atom is 0.186 e. The Morgan fingerprint density at radius 1 is 0.925 bits per heavy atom. The van der Waals surface area contributed by atoms with E-state index in [1.807, 2.05) is 0 Å². The molecule has 0 aromatic carbocycles. The zero-order valence-electron chi connectivity index (χ0n) is 25.1. The largest absolute Gasteiger partial charge is 0.388 e. The molecule has 6 fully saturated rings. The van der Waals surface area contributed by atoms with Gasteiger partial charge in [-0.15, -0.1) is 0 Å². The molecule has 0 radical (unpaired) electrons. The number of ether oxygens (including phenoxy) is 4. The van der Waals surface area contributed by atoms with Gasteiger partial charge in [0.15, 0.2) is 12.1 Å². The van der Waals surface area contributed by atoms with Gasteiger partial charge in [0, 0.05) is 12.3 Å². The van der Waals surface area contributed by atoms with Crippen LogP contribution in [0.25, 0.3) is 0 Å². The Bertz CT molecular complexity index is 1010. The molecule has 0 bridgehead atoms. The minimum atomic E-state index is -1.26. The fraction of sp³-hybridized carbons (Fsp3) is 0.939. The minimum Gasteiger partial charge on any atom is -0.388 e. The first-order valence-corrected chi connectivity index (χ1v) is 16.3. The molecule has 0 aromatic heterocycles. The second kappa shape index (κ2) is 9.73. The Balaban J connectivity index is 1.06. The van der Waals surface area contributed by atoms with Crippen LogP contribution in [0.5, 0.6) is 0 Å². The van der Waals surface area contributed by atoms with Crippen molar-refractivity contribution in [2.45, 2.75) is 141 Å². The molecule has 0 unspecified atom stereocenters. The van der Waals surface area contributed by atoms with E-state index in [0.717, 1.165) is 38.7 Å². The predicted molar refractivity (Wildman–Crippen MR) is 149 cm³/mol. The maximum atomic E-state index is 10.5. The summed E-state index contributed by atoms with van der Waals surface area (Å²) in [5.74, 6) is 3.42. The quantitative estimate of drug-likeness (QED) is 0.426. The van der Waals surface area contributed by atoms with Crippen molar-refractivity contribution in [2.24, 2.45) is 46.3 Å². The molecule has 3 N–H and O–H groups in total. The number of allylic oxidation sites excluding steroid dienone is 1. The Kier molecular flexibility index (Phi) is 6.87. The molecule has 226 valence electrons. The number of fused-ring (bicyclic) bond motifs is 7. The first kappa shape index (κ1) is 28.2. The molecule has 16 atom stereocenters. The molecular formula is C33H52O7. The highest BCUT2D eigenvalue weighted by Gasteiger charge is 2.68. The first-order chi connectivity index (χ1) is 19.0. The third kappa shape index (κ3) is 4.01. The Labute approximate surface area is 240 Å². The summed E-state index contributed by atoms with van der Waals surface area (Å²) < 4.78 is 25.5. The standard InChI is InChI=1S/C33H52O7/c1-17-8-13-33(37-16-17)18(2)26-25(40-33)15-24-22-7-6-20-14-21(39-30-29(36)28(35)27(34)19(3)38-30)9-11-31(20,4)23(22)10-12-32(24,26)5/h6,17-19,21-30,34-36H,7-16H2,1-5H3/t17-,18+,19+,21+,22-,23+,24+,25+,26+,27-,28-,29+,30-,31+,32+,33-/m1/s1. The van der Waals surface area contributed by atoms with Gasteiger partial charge < -0.3 is 34.3 Å². The van der Waals surface area contributed by atoms with E-state index in [1.54, 1.807) is 6.92 Å². The number of hydrogen-bond acceptors (Lipinski definition) is 7. The van der Waals surface area contributed by atoms with Crippen molar-refractivity contribution in [3.05, 3.63) is 11.6 Å². The van der Waals surface area contributed by atoms with Crippen LogP contribution in [0.15, 0.2) is 11.6 Å². The van der Waals surface area contributed by atoms with Gasteiger partial charge >= 0.3 is 0 Å². The average Bonchev–Trinajstić information content (AvgIpc) is 3.37. The van der Waals surface area contributed by atoms with E-state index < -0.39 is 30.7 Å². The topological polar surface area (TPSA) is 97.6 Å². The lowest BCUT2D eigenvalue weighted by molar-refractivity contribution is -0.305.